The SMILES string of the molecule is C#CCNC(C)(CN)CCOC. The van der Waals surface area contributed by atoms with Crippen molar-refractivity contribution >= 4 is 0 Å². The fourth-order valence-corrected chi connectivity index (χ4v) is 0.854. The molecule has 0 rings (SSSR count). The lowest BCUT2D eigenvalue weighted by Crippen LogP contribution is -2.49. The Morgan fingerprint density at radius 3 is 2.75 bits per heavy atom. The van der Waals surface area contributed by atoms with Crippen LogP contribution in [0.15, 0.2) is 0 Å². The van der Waals surface area contributed by atoms with Crippen molar-refractivity contribution in [3.8, 4) is 12.3 Å². The van der Waals surface area contributed by atoms with Crippen molar-refractivity contribution < 1.29 is 4.74 Å². The van der Waals surface area contributed by atoms with Crippen LogP contribution < -0.4 is 11.1 Å². The van der Waals surface area contributed by atoms with Crippen molar-refractivity contribution in [1.82, 2.24) is 5.32 Å². The topological polar surface area (TPSA) is 47.3 Å². The zero-order valence-electron chi connectivity index (χ0n) is 7.89. The summed E-state index contributed by atoms with van der Waals surface area (Å²) >= 11 is 0. The number of ether oxygens (including phenoxy) is 1. The molecule has 70 valence electrons. The smallest absolute Gasteiger partial charge is 0.0578 e. The molecule has 3 heteroatoms. The molecule has 0 bridgehead atoms. The van der Waals surface area contributed by atoms with Crippen LogP contribution >= 0.6 is 0 Å². The quantitative estimate of drug-likeness (QED) is 0.550. The molecular formula is C9H18N2O. The maximum Gasteiger partial charge on any atom is 0.0578 e. The van der Waals surface area contributed by atoms with Gasteiger partial charge in [0.05, 0.1) is 6.54 Å². The van der Waals surface area contributed by atoms with Crippen LogP contribution in [0, 0.1) is 12.3 Å². The van der Waals surface area contributed by atoms with Gasteiger partial charge >= 0.3 is 0 Å². The van der Waals surface area contributed by atoms with Gasteiger partial charge in [0.25, 0.3) is 0 Å². The van der Waals surface area contributed by atoms with Crippen LogP contribution in [-0.4, -0.2) is 32.3 Å². The first kappa shape index (κ1) is 11.4. The molecule has 0 aromatic heterocycles. The molecule has 0 aromatic rings. The van der Waals surface area contributed by atoms with Gasteiger partial charge in [0.1, 0.15) is 0 Å². The maximum atomic E-state index is 5.60. The average Bonchev–Trinajstić information content (AvgIpc) is 2.11. The largest absolute Gasteiger partial charge is 0.385 e. The summed E-state index contributed by atoms with van der Waals surface area (Å²) in [5.74, 6) is 2.53. The minimum absolute atomic E-state index is 0.0949. The van der Waals surface area contributed by atoms with Crippen LogP contribution in [0.25, 0.3) is 0 Å². The number of nitrogens with one attached hydrogen (secondary N) is 1. The molecule has 0 aliphatic rings. The van der Waals surface area contributed by atoms with Gasteiger partial charge in [0.15, 0.2) is 0 Å². The van der Waals surface area contributed by atoms with Crippen molar-refractivity contribution in [2.45, 2.75) is 18.9 Å². The first-order valence-electron chi connectivity index (χ1n) is 4.06. The van der Waals surface area contributed by atoms with Crippen molar-refractivity contribution in [2.75, 3.05) is 26.8 Å². The molecule has 0 amide bonds. The lowest BCUT2D eigenvalue weighted by atomic mass is 9.99. The van der Waals surface area contributed by atoms with Gasteiger partial charge in [-0.1, -0.05) is 5.92 Å². The molecule has 12 heavy (non-hydrogen) atoms. The second kappa shape index (κ2) is 6.01. The van der Waals surface area contributed by atoms with E-state index in [1.54, 1.807) is 7.11 Å². The Labute approximate surface area is 74.7 Å². The molecule has 0 spiro atoms. The first-order valence-corrected chi connectivity index (χ1v) is 4.06. The summed E-state index contributed by atoms with van der Waals surface area (Å²) in [5.41, 5.74) is 5.51. The van der Waals surface area contributed by atoms with Gasteiger partial charge in [0.2, 0.25) is 0 Å². The van der Waals surface area contributed by atoms with Gasteiger partial charge in [-0.2, -0.15) is 0 Å². The first-order chi connectivity index (χ1) is 5.68. The Morgan fingerprint density at radius 2 is 2.33 bits per heavy atom. The molecule has 0 aliphatic carbocycles. The van der Waals surface area contributed by atoms with Gasteiger partial charge < -0.3 is 10.5 Å². The van der Waals surface area contributed by atoms with E-state index in [1.807, 2.05) is 6.92 Å². The highest BCUT2D eigenvalue weighted by molar-refractivity contribution is 4.93. The lowest BCUT2D eigenvalue weighted by Gasteiger charge is -2.28. The summed E-state index contributed by atoms with van der Waals surface area (Å²) < 4.78 is 4.97. The number of hydrogen-bond acceptors (Lipinski definition) is 3. The average molecular weight is 170 g/mol. The number of nitrogens with two attached hydrogens (primary N) is 1. The normalized spacial score (nSPS) is 15.2. The second-order valence-corrected chi connectivity index (χ2v) is 3.07. The van der Waals surface area contributed by atoms with Crippen LogP contribution in [0.4, 0.5) is 0 Å². The Balaban J connectivity index is 3.79. The third-order valence-corrected chi connectivity index (χ3v) is 1.93. The molecule has 0 aromatic carbocycles. The van der Waals surface area contributed by atoms with Gasteiger partial charge in [-0.3, -0.25) is 5.32 Å². The molecule has 3 N–H and O–H groups in total. The van der Waals surface area contributed by atoms with E-state index in [0.717, 1.165) is 6.42 Å². The standard InChI is InChI=1S/C9H18N2O/c1-4-6-11-9(2,8-10)5-7-12-3/h1,11H,5-8,10H2,2-3H3. The lowest BCUT2D eigenvalue weighted by molar-refractivity contribution is 0.163. The predicted molar refractivity (Wildman–Crippen MR) is 50.8 cm³/mol. The van der Waals surface area contributed by atoms with Crippen LogP contribution in [0.5, 0.6) is 0 Å². The summed E-state index contributed by atoms with van der Waals surface area (Å²) in [7, 11) is 1.68. The zero-order chi connectivity index (χ0) is 9.45. The van der Waals surface area contributed by atoms with Crippen LogP contribution in [-0.2, 0) is 4.74 Å². The molecule has 0 fully saturated rings. The molecular weight excluding hydrogens is 152 g/mol. The molecule has 1 unspecified atom stereocenters. The molecule has 3 nitrogen and oxygen atoms in total. The summed E-state index contributed by atoms with van der Waals surface area (Å²) in [4.78, 5) is 0. The van der Waals surface area contributed by atoms with E-state index in [-0.39, 0.29) is 5.54 Å². The second-order valence-electron chi connectivity index (χ2n) is 3.07. The minimum atomic E-state index is -0.0949. The highest BCUT2D eigenvalue weighted by Crippen LogP contribution is 2.06. The minimum Gasteiger partial charge on any atom is -0.385 e. The van der Waals surface area contributed by atoms with Gasteiger partial charge in [-0.15, -0.1) is 6.42 Å². The maximum absolute atomic E-state index is 5.60. The zero-order valence-corrected chi connectivity index (χ0v) is 7.89. The van der Waals surface area contributed by atoms with Gasteiger partial charge in [-0.25, -0.2) is 0 Å². The van der Waals surface area contributed by atoms with E-state index in [9.17, 15) is 0 Å². The Kier molecular flexibility index (Phi) is 5.73. The van der Waals surface area contributed by atoms with Crippen molar-refractivity contribution in [3.05, 3.63) is 0 Å². The Morgan fingerprint density at radius 1 is 1.67 bits per heavy atom. The van der Waals surface area contributed by atoms with Crippen LogP contribution in [0.2, 0.25) is 0 Å². The Bertz CT molecular complexity index is 153. The summed E-state index contributed by atoms with van der Waals surface area (Å²) in [5, 5.41) is 3.19. The highest BCUT2D eigenvalue weighted by atomic mass is 16.5. The van der Waals surface area contributed by atoms with E-state index in [4.69, 9.17) is 16.9 Å². The molecule has 1 atom stereocenters. The third-order valence-electron chi connectivity index (χ3n) is 1.93. The molecule has 0 saturated heterocycles. The van der Waals surface area contributed by atoms with Crippen LogP contribution in [0.3, 0.4) is 0 Å². The summed E-state index contributed by atoms with van der Waals surface area (Å²) in [6.45, 7) is 3.87. The monoisotopic (exact) mass is 170 g/mol. The Hall–Kier alpha value is -0.560. The fraction of sp³-hybridized carbons (Fsp3) is 0.778. The van der Waals surface area contributed by atoms with Gasteiger partial charge in [0, 0.05) is 25.8 Å². The molecule has 0 saturated carbocycles. The summed E-state index contributed by atoms with van der Waals surface area (Å²) in [6.07, 6.45) is 6.01. The fourth-order valence-electron chi connectivity index (χ4n) is 0.854. The third kappa shape index (κ3) is 4.35. The molecule has 0 radical (unpaired) electrons. The highest BCUT2D eigenvalue weighted by Gasteiger charge is 2.20. The van der Waals surface area contributed by atoms with E-state index < -0.39 is 0 Å². The molecule has 0 aliphatic heterocycles. The molecule has 0 heterocycles. The van der Waals surface area contributed by atoms with Crippen molar-refractivity contribution in [1.29, 1.82) is 0 Å². The van der Waals surface area contributed by atoms with Crippen molar-refractivity contribution in [3.63, 3.8) is 0 Å². The van der Waals surface area contributed by atoms with E-state index in [0.29, 0.717) is 19.7 Å². The number of rotatable bonds is 6. The van der Waals surface area contributed by atoms with E-state index in [1.165, 1.54) is 0 Å². The van der Waals surface area contributed by atoms with E-state index in [2.05, 4.69) is 11.2 Å². The summed E-state index contributed by atoms with van der Waals surface area (Å²) in [6, 6.07) is 0. The van der Waals surface area contributed by atoms with Gasteiger partial charge in [-0.05, 0) is 13.3 Å². The predicted octanol–water partition coefficient (Wildman–Crippen LogP) is -0.0369. The number of hydrogen-bond donors (Lipinski definition) is 2. The number of terminal acetylenes is 1. The van der Waals surface area contributed by atoms with Crippen molar-refractivity contribution in [2.24, 2.45) is 5.73 Å². The van der Waals surface area contributed by atoms with E-state index >= 15 is 0 Å². The number of methoxy groups -OCH3 is 1. The van der Waals surface area contributed by atoms with Crippen LogP contribution in [0.1, 0.15) is 13.3 Å².